The standard InChI is InChI=1S/C23H24BrN3O3/c1-14-6-7-18(11-21(14)24)27-15(2)10-17(16(27)3)13-25-26-23(28)20-9-8-19(29-4)12-22(20)30-5/h6-13H,1-5H3,(H,26,28)/b25-13-. The molecule has 0 spiro atoms. The van der Waals surface area contributed by atoms with Crippen LogP contribution in [0.1, 0.15) is 32.9 Å². The summed E-state index contributed by atoms with van der Waals surface area (Å²) in [5.74, 6) is 0.675. The first-order valence-corrected chi connectivity index (χ1v) is 10.2. The van der Waals surface area contributed by atoms with Gasteiger partial charge in [-0.3, -0.25) is 4.79 Å². The van der Waals surface area contributed by atoms with Crippen molar-refractivity contribution in [3.05, 3.63) is 75.0 Å². The Kier molecular flexibility index (Phi) is 6.62. The molecule has 3 aromatic rings. The van der Waals surface area contributed by atoms with Crippen LogP contribution < -0.4 is 14.9 Å². The molecule has 1 N–H and O–H groups in total. The fourth-order valence-corrected chi connectivity index (χ4v) is 3.61. The van der Waals surface area contributed by atoms with Gasteiger partial charge in [0.05, 0.1) is 26.0 Å². The third-order valence-corrected chi connectivity index (χ3v) is 5.76. The van der Waals surface area contributed by atoms with E-state index in [1.807, 2.05) is 19.9 Å². The maximum atomic E-state index is 12.5. The average Bonchev–Trinajstić information content (AvgIpc) is 3.02. The predicted molar refractivity (Wildman–Crippen MR) is 122 cm³/mol. The van der Waals surface area contributed by atoms with E-state index < -0.39 is 0 Å². The highest BCUT2D eigenvalue weighted by atomic mass is 79.9. The maximum absolute atomic E-state index is 12.5. The molecule has 0 bridgehead atoms. The van der Waals surface area contributed by atoms with Crippen LogP contribution in [0.3, 0.4) is 0 Å². The van der Waals surface area contributed by atoms with E-state index in [-0.39, 0.29) is 5.91 Å². The highest BCUT2D eigenvalue weighted by Crippen LogP contribution is 2.25. The number of aryl methyl sites for hydroxylation is 2. The molecule has 0 atom stereocenters. The van der Waals surface area contributed by atoms with Gasteiger partial charge in [-0.2, -0.15) is 5.10 Å². The Labute approximate surface area is 184 Å². The van der Waals surface area contributed by atoms with Crippen molar-refractivity contribution in [3.8, 4) is 17.2 Å². The summed E-state index contributed by atoms with van der Waals surface area (Å²) in [5, 5.41) is 4.14. The van der Waals surface area contributed by atoms with Crippen LogP contribution in [0.4, 0.5) is 0 Å². The molecule has 2 aromatic carbocycles. The second kappa shape index (κ2) is 9.17. The zero-order valence-corrected chi connectivity index (χ0v) is 19.2. The lowest BCUT2D eigenvalue weighted by atomic mass is 10.2. The number of rotatable bonds is 6. The summed E-state index contributed by atoms with van der Waals surface area (Å²) < 4.78 is 13.7. The summed E-state index contributed by atoms with van der Waals surface area (Å²) >= 11 is 3.59. The van der Waals surface area contributed by atoms with Crippen LogP contribution in [-0.2, 0) is 0 Å². The first kappa shape index (κ1) is 21.6. The van der Waals surface area contributed by atoms with Crippen molar-refractivity contribution in [1.29, 1.82) is 0 Å². The molecular weight excluding hydrogens is 446 g/mol. The number of benzene rings is 2. The van der Waals surface area contributed by atoms with Gasteiger partial charge in [0, 0.05) is 33.2 Å². The van der Waals surface area contributed by atoms with Gasteiger partial charge in [-0.15, -0.1) is 0 Å². The summed E-state index contributed by atoms with van der Waals surface area (Å²) in [6.45, 7) is 6.12. The molecule has 30 heavy (non-hydrogen) atoms. The average molecular weight is 470 g/mol. The predicted octanol–water partition coefficient (Wildman–Crippen LogP) is 4.95. The topological polar surface area (TPSA) is 64.8 Å². The highest BCUT2D eigenvalue weighted by molar-refractivity contribution is 9.10. The number of hydrazone groups is 1. The fraction of sp³-hybridized carbons (Fsp3) is 0.217. The van der Waals surface area contributed by atoms with Crippen LogP contribution in [0.25, 0.3) is 5.69 Å². The second-order valence-corrected chi connectivity index (χ2v) is 7.72. The first-order chi connectivity index (χ1) is 14.3. The van der Waals surface area contributed by atoms with Gasteiger partial charge >= 0.3 is 0 Å². The minimum absolute atomic E-state index is 0.359. The first-order valence-electron chi connectivity index (χ1n) is 9.36. The fourth-order valence-electron chi connectivity index (χ4n) is 3.24. The number of methoxy groups -OCH3 is 2. The number of aromatic nitrogens is 1. The van der Waals surface area contributed by atoms with Crippen molar-refractivity contribution in [1.82, 2.24) is 9.99 Å². The number of nitrogens with one attached hydrogen (secondary N) is 1. The molecule has 0 aliphatic rings. The SMILES string of the molecule is COc1ccc(C(=O)N/N=C\c2cc(C)n(-c3ccc(C)c(Br)c3)c2C)c(OC)c1. The Morgan fingerprint density at radius 1 is 1.07 bits per heavy atom. The van der Waals surface area contributed by atoms with E-state index in [0.717, 1.165) is 27.1 Å². The third kappa shape index (κ3) is 4.41. The molecule has 156 valence electrons. The molecule has 7 heteroatoms. The van der Waals surface area contributed by atoms with Crippen LogP contribution in [0.15, 0.2) is 52.0 Å². The van der Waals surface area contributed by atoms with E-state index in [0.29, 0.717) is 17.1 Å². The van der Waals surface area contributed by atoms with Crippen molar-refractivity contribution < 1.29 is 14.3 Å². The molecule has 0 saturated heterocycles. The Morgan fingerprint density at radius 3 is 2.50 bits per heavy atom. The van der Waals surface area contributed by atoms with E-state index in [2.05, 4.69) is 56.1 Å². The van der Waals surface area contributed by atoms with Crippen molar-refractivity contribution >= 4 is 28.1 Å². The smallest absolute Gasteiger partial charge is 0.275 e. The molecule has 0 saturated carbocycles. The molecule has 3 rings (SSSR count). The number of hydrogen-bond donors (Lipinski definition) is 1. The molecule has 0 radical (unpaired) electrons. The quantitative estimate of drug-likeness (QED) is 0.410. The Bertz CT molecular complexity index is 1120. The van der Waals surface area contributed by atoms with Crippen molar-refractivity contribution in [3.63, 3.8) is 0 Å². The van der Waals surface area contributed by atoms with Crippen LogP contribution in [0.5, 0.6) is 11.5 Å². The highest BCUT2D eigenvalue weighted by Gasteiger charge is 2.13. The zero-order chi connectivity index (χ0) is 21.8. The number of hydrogen-bond acceptors (Lipinski definition) is 4. The molecule has 0 fully saturated rings. The molecular formula is C23H24BrN3O3. The minimum Gasteiger partial charge on any atom is -0.497 e. The zero-order valence-electron chi connectivity index (χ0n) is 17.6. The van der Waals surface area contributed by atoms with Gasteiger partial charge in [0.25, 0.3) is 5.91 Å². The van der Waals surface area contributed by atoms with E-state index in [1.54, 1.807) is 31.5 Å². The van der Waals surface area contributed by atoms with Gasteiger partial charge < -0.3 is 14.0 Å². The third-order valence-electron chi connectivity index (χ3n) is 4.91. The summed E-state index contributed by atoms with van der Waals surface area (Å²) in [6.07, 6.45) is 1.65. The number of halogens is 1. The van der Waals surface area contributed by atoms with Crippen LogP contribution in [-0.4, -0.2) is 30.9 Å². The number of amides is 1. The molecule has 0 aliphatic heterocycles. The lowest BCUT2D eigenvalue weighted by molar-refractivity contribution is 0.0952. The van der Waals surface area contributed by atoms with Crippen LogP contribution >= 0.6 is 15.9 Å². The Morgan fingerprint density at radius 2 is 1.83 bits per heavy atom. The van der Waals surface area contributed by atoms with E-state index in [1.165, 1.54) is 12.7 Å². The summed E-state index contributed by atoms with van der Waals surface area (Å²) in [6, 6.07) is 13.3. The van der Waals surface area contributed by atoms with Gasteiger partial charge in [0.15, 0.2) is 0 Å². The number of carbonyl (C=O) groups is 1. The largest absolute Gasteiger partial charge is 0.497 e. The molecule has 1 heterocycles. The maximum Gasteiger partial charge on any atom is 0.275 e. The molecule has 1 amide bonds. The van der Waals surface area contributed by atoms with Crippen molar-refractivity contribution in [2.75, 3.05) is 14.2 Å². The molecule has 6 nitrogen and oxygen atoms in total. The summed E-state index contributed by atoms with van der Waals surface area (Å²) in [4.78, 5) is 12.5. The summed E-state index contributed by atoms with van der Waals surface area (Å²) in [7, 11) is 3.07. The van der Waals surface area contributed by atoms with E-state index in [9.17, 15) is 4.79 Å². The minimum atomic E-state index is -0.359. The number of carbonyl (C=O) groups excluding carboxylic acids is 1. The van der Waals surface area contributed by atoms with Gasteiger partial charge in [0.2, 0.25) is 0 Å². The van der Waals surface area contributed by atoms with Gasteiger partial charge in [0.1, 0.15) is 11.5 Å². The molecule has 0 unspecified atom stereocenters. The van der Waals surface area contributed by atoms with Gasteiger partial charge in [-0.25, -0.2) is 5.43 Å². The Hall–Kier alpha value is -3.06. The van der Waals surface area contributed by atoms with Crippen molar-refractivity contribution in [2.45, 2.75) is 20.8 Å². The van der Waals surface area contributed by atoms with Crippen molar-refractivity contribution in [2.24, 2.45) is 5.10 Å². The van der Waals surface area contributed by atoms with Gasteiger partial charge in [-0.1, -0.05) is 22.0 Å². The monoisotopic (exact) mass is 469 g/mol. The molecule has 0 aliphatic carbocycles. The van der Waals surface area contributed by atoms with Crippen LogP contribution in [0, 0.1) is 20.8 Å². The molecule has 1 aromatic heterocycles. The lowest BCUT2D eigenvalue weighted by Gasteiger charge is -2.11. The van der Waals surface area contributed by atoms with E-state index in [4.69, 9.17) is 9.47 Å². The summed E-state index contributed by atoms with van der Waals surface area (Å²) in [5.41, 5.74) is 8.22. The normalized spacial score (nSPS) is 11.0. The van der Waals surface area contributed by atoms with Gasteiger partial charge in [-0.05, 0) is 56.7 Å². The number of ether oxygens (including phenoxy) is 2. The van der Waals surface area contributed by atoms with Crippen LogP contribution in [0.2, 0.25) is 0 Å². The lowest BCUT2D eigenvalue weighted by Crippen LogP contribution is -2.18. The van der Waals surface area contributed by atoms with E-state index >= 15 is 0 Å². The Balaban J connectivity index is 1.80. The number of nitrogens with zero attached hydrogens (tertiary/aromatic N) is 2. The second-order valence-electron chi connectivity index (χ2n) is 6.86.